The minimum absolute atomic E-state index is 0.361. The van der Waals surface area contributed by atoms with Crippen LogP contribution in [0, 0.1) is 17.2 Å². The first kappa shape index (κ1) is 18.2. The lowest BCUT2D eigenvalue weighted by atomic mass is 9.90. The standard InChI is InChI=1S/C20H20N2O3S/c1-12-7-8-17-15(9-12)10-18(26-17)20(24)25-13(2)19(23)22-16-6-4-3-5-14(16)11-21/h3-6,10,12-13H,7-9H2,1-2H3,(H,22,23)/t12-,13-/m1/s1. The zero-order valence-corrected chi connectivity index (χ0v) is 15.6. The molecule has 0 radical (unpaired) electrons. The molecule has 1 heterocycles. The lowest BCUT2D eigenvalue weighted by Crippen LogP contribution is -2.30. The lowest BCUT2D eigenvalue weighted by molar-refractivity contribution is -0.123. The van der Waals surface area contributed by atoms with E-state index in [4.69, 9.17) is 10.00 Å². The summed E-state index contributed by atoms with van der Waals surface area (Å²) >= 11 is 1.46. The number of nitrogens with one attached hydrogen (secondary N) is 1. The van der Waals surface area contributed by atoms with E-state index >= 15 is 0 Å². The molecule has 1 aromatic carbocycles. The quantitative estimate of drug-likeness (QED) is 0.829. The second kappa shape index (κ2) is 7.71. The van der Waals surface area contributed by atoms with E-state index in [1.807, 2.05) is 12.1 Å². The highest BCUT2D eigenvalue weighted by Gasteiger charge is 2.24. The zero-order valence-electron chi connectivity index (χ0n) is 14.7. The van der Waals surface area contributed by atoms with Gasteiger partial charge in [-0.2, -0.15) is 5.26 Å². The number of amides is 1. The van der Waals surface area contributed by atoms with E-state index in [9.17, 15) is 9.59 Å². The van der Waals surface area contributed by atoms with Gasteiger partial charge in [0, 0.05) is 4.88 Å². The molecule has 0 fully saturated rings. The molecule has 134 valence electrons. The van der Waals surface area contributed by atoms with E-state index in [-0.39, 0.29) is 0 Å². The number of carbonyl (C=O) groups excluding carboxylic acids is 2. The molecule has 0 aliphatic heterocycles. The van der Waals surface area contributed by atoms with Crippen LogP contribution in [-0.4, -0.2) is 18.0 Å². The minimum Gasteiger partial charge on any atom is -0.448 e. The molecule has 0 saturated heterocycles. The largest absolute Gasteiger partial charge is 0.448 e. The van der Waals surface area contributed by atoms with E-state index < -0.39 is 18.0 Å². The molecule has 26 heavy (non-hydrogen) atoms. The fraction of sp³-hybridized carbons (Fsp3) is 0.350. The number of anilines is 1. The lowest BCUT2D eigenvalue weighted by Gasteiger charge is -2.16. The Morgan fingerprint density at radius 3 is 2.92 bits per heavy atom. The van der Waals surface area contributed by atoms with Crippen molar-refractivity contribution in [2.75, 3.05) is 5.32 Å². The van der Waals surface area contributed by atoms with Crippen molar-refractivity contribution in [2.24, 2.45) is 5.92 Å². The maximum Gasteiger partial charge on any atom is 0.349 e. The molecule has 0 bridgehead atoms. The number of hydrogen-bond acceptors (Lipinski definition) is 5. The number of para-hydroxylation sites is 1. The molecular weight excluding hydrogens is 348 g/mol. The summed E-state index contributed by atoms with van der Waals surface area (Å²) in [5, 5.41) is 11.7. The van der Waals surface area contributed by atoms with Crippen LogP contribution in [0.1, 0.15) is 45.9 Å². The number of carbonyl (C=O) groups is 2. The number of esters is 1. The van der Waals surface area contributed by atoms with Crippen LogP contribution in [0.2, 0.25) is 0 Å². The first-order chi connectivity index (χ1) is 12.5. The van der Waals surface area contributed by atoms with Gasteiger partial charge in [0.05, 0.1) is 11.3 Å². The average Bonchev–Trinajstić information content (AvgIpc) is 3.05. The van der Waals surface area contributed by atoms with Crippen LogP contribution in [0.3, 0.4) is 0 Å². The Balaban J connectivity index is 1.64. The van der Waals surface area contributed by atoms with Crippen LogP contribution < -0.4 is 5.32 Å². The molecule has 2 atom stereocenters. The van der Waals surface area contributed by atoms with Gasteiger partial charge in [0.25, 0.3) is 5.91 Å². The summed E-state index contributed by atoms with van der Waals surface area (Å²) in [5.41, 5.74) is 1.99. The summed E-state index contributed by atoms with van der Waals surface area (Å²) in [6.07, 6.45) is 2.17. The van der Waals surface area contributed by atoms with Crippen molar-refractivity contribution in [3.63, 3.8) is 0 Å². The SMILES string of the molecule is C[C@@H]1CCc2sc(C(=O)O[C@H](C)C(=O)Nc3ccccc3C#N)cc2C1. The number of thiophene rings is 1. The van der Waals surface area contributed by atoms with Crippen molar-refractivity contribution in [1.29, 1.82) is 5.26 Å². The van der Waals surface area contributed by atoms with Crippen molar-refractivity contribution in [3.8, 4) is 6.07 Å². The zero-order chi connectivity index (χ0) is 18.7. The van der Waals surface area contributed by atoms with Gasteiger partial charge >= 0.3 is 5.97 Å². The van der Waals surface area contributed by atoms with Gasteiger partial charge in [0.15, 0.2) is 6.10 Å². The fourth-order valence-electron chi connectivity index (χ4n) is 3.00. The third kappa shape index (κ3) is 3.94. The molecule has 1 aliphatic rings. The van der Waals surface area contributed by atoms with Gasteiger partial charge in [-0.25, -0.2) is 4.79 Å². The molecule has 0 unspecified atom stereocenters. The van der Waals surface area contributed by atoms with Crippen LogP contribution in [0.5, 0.6) is 0 Å². The van der Waals surface area contributed by atoms with E-state index in [1.54, 1.807) is 24.3 Å². The first-order valence-electron chi connectivity index (χ1n) is 8.60. The predicted octanol–water partition coefficient (Wildman–Crippen LogP) is 3.93. The number of aryl methyl sites for hydroxylation is 1. The molecule has 2 aromatic rings. The van der Waals surface area contributed by atoms with E-state index in [0.717, 1.165) is 19.3 Å². The minimum atomic E-state index is -0.952. The van der Waals surface area contributed by atoms with Gasteiger partial charge < -0.3 is 10.1 Å². The predicted molar refractivity (Wildman–Crippen MR) is 100 cm³/mol. The highest BCUT2D eigenvalue weighted by atomic mass is 32.1. The average molecular weight is 368 g/mol. The first-order valence-corrected chi connectivity index (χ1v) is 9.42. The summed E-state index contributed by atoms with van der Waals surface area (Å²) in [4.78, 5) is 26.5. The summed E-state index contributed by atoms with van der Waals surface area (Å²) in [6, 6.07) is 10.6. The monoisotopic (exact) mass is 368 g/mol. The molecule has 0 saturated carbocycles. The summed E-state index contributed by atoms with van der Waals surface area (Å²) < 4.78 is 5.33. The molecule has 3 rings (SSSR count). The van der Waals surface area contributed by atoms with Gasteiger partial charge in [0.2, 0.25) is 0 Å². The Morgan fingerprint density at radius 2 is 2.15 bits per heavy atom. The molecule has 1 aliphatic carbocycles. The third-order valence-electron chi connectivity index (χ3n) is 4.49. The van der Waals surface area contributed by atoms with Crippen LogP contribution in [-0.2, 0) is 22.4 Å². The third-order valence-corrected chi connectivity index (χ3v) is 5.71. The Hall–Kier alpha value is -2.65. The highest BCUT2D eigenvalue weighted by Crippen LogP contribution is 2.32. The number of ether oxygens (including phenoxy) is 1. The number of benzene rings is 1. The van der Waals surface area contributed by atoms with Crippen LogP contribution in [0.4, 0.5) is 5.69 Å². The van der Waals surface area contributed by atoms with Crippen LogP contribution >= 0.6 is 11.3 Å². The Labute approximate surface area is 156 Å². The summed E-state index contributed by atoms with van der Waals surface area (Å²) in [5.74, 6) is -0.310. The maximum atomic E-state index is 12.4. The maximum absolute atomic E-state index is 12.4. The van der Waals surface area contributed by atoms with Crippen molar-refractivity contribution in [2.45, 2.75) is 39.2 Å². The van der Waals surface area contributed by atoms with Gasteiger partial charge in [-0.05, 0) is 55.9 Å². The summed E-state index contributed by atoms with van der Waals surface area (Å²) in [7, 11) is 0. The molecule has 1 N–H and O–H groups in total. The number of hydrogen-bond donors (Lipinski definition) is 1. The van der Waals surface area contributed by atoms with Crippen LogP contribution in [0.25, 0.3) is 0 Å². The molecule has 1 amide bonds. The Kier molecular flexibility index (Phi) is 5.38. The Morgan fingerprint density at radius 1 is 1.38 bits per heavy atom. The van der Waals surface area contributed by atoms with Gasteiger partial charge in [-0.1, -0.05) is 19.1 Å². The van der Waals surface area contributed by atoms with Gasteiger partial charge in [-0.15, -0.1) is 11.3 Å². The number of rotatable bonds is 4. The normalized spacial score (nSPS) is 16.9. The van der Waals surface area contributed by atoms with Crippen molar-refractivity contribution in [1.82, 2.24) is 0 Å². The summed E-state index contributed by atoms with van der Waals surface area (Å²) in [6.45, 7) is 3.74. The molecule has 0 spiro atoms. The molecule has 5 nitrogen and oxygen atoms in total. The van der Waals surface area contributed by atoms with E-state index in [2.05, 4.69) is 12.2 Å². The second-order valence-corrected chi connectivity index (χ2v) is 7.74. The Bertz CT molecular complexity index is 881. The second-order valence-electron chi connectivity index (χ2n) is 6.60. The van der Waals surface area contributed by atoms with E-state index in [1.165, 1.54) is 28.7 Å². The van der Waals surface area contributed by atoms with Crippen molar-refractivity contribution in [3.05, 3.63) is 51.2 Å². The smallest absolute Gasteiger partial charge is 0.349 e. The fourth-order valence-corrected chi connectivity index (χ4v) is 4.09. The number of nitriles is 1. The van der Waals surface area contributed by atoms with Crippen molar-refractivity contribution < 1.29 is 14.3 Å². The van der Waals surface area contributed by atoms with Crippen LogP contribution in [0.15, 0.2) is 30.3 Å². The van der Waals surface area contributed by atoms with Crippen molar-refractivity contribution >= 4 is 28.9 Å². The number of fused-ring (bicyclic) bond motifs is 1. The van der Waals surface area contributed by atoms with Gasteiger partial charge in [-0.3, -0.25) is 4.79 Å². The highest BCUT2D eigenvalue weighted by molar-refractivity contribution is 7.14. The number of nitrogens with zero attached hydrogens (tertiary/aromatic N) is 1. The molecule has 6 heteroatoms. The topological polar surface area (TPSA) is 79.2 Å². The molecule has 1 aromatic heterocycles. The molecular formula is C20H20N2O3S. The van der Waals surface area contributed by atoms with E-state index in [0.29, 0.717) is 22.0 Å². The van der Waals surface area contributed by atoms with Gasteiger partial charge in [0.1, 0.15) is 10.9 Å².